The van der Waals surface area contributed by atoms with Crippen LogP contribution in [0.1, 0.15) is 20.3 Å². The van der Waals surface area contributed by atoms with Crippen molar-refractivity contribution in [2.45, 2.75) is 25.8 Å². The second kappa shape index (κ2) is 3.08. The lowest BCUT2D eigenvalue weighted by atomic mass is 10.0. The Bertz CT molecular complexity index is 134. The van der Waals surface area contributed by atoms with Crippen molar-refractivity contribution in [2.75, 3.05) is 0 Å². The van der Waals surface area contributed by atoms with Crippen LogP contribution >= 0.6 is 0 Å². The normalized spacial score (nSPS) is 9.89. The molecule has 3 nitrogen and oxygen atoms in total. The lowest BCUT2D eigenvalue weighted by molar-refractivity contribution is -0.110. The number of carbonyl (C=O) groups excluding carboxylic acids is 1. The molecular weight excluding hydrogens is 116 g/mol. The Morgan fingerprint density at radius 3 is 2.67 bits per heavy atom. The monoisotopic (exact) mass is 126 g/mol. The van der Waals surface area contributed by atoms with E-state index in [4.69, 9.17) is 5.26 Å². The van der Waals surface area contributed by atoms with Crippen molar-refractivity contribution in [1.29, 1.82) is 5.26 Å². The van der Waals surface area contributed by atoms with Crippen molar-refractivity contribution in [3.8, 4) is 6.07 Å². The van der Waals surface area contributed by atoms with Gasteiger partial charge in [0.15, 0.2) is 0 Å². The molecule has 0 aliphatic rings. The molecule has 9 heavy (non-hydrogen) atoms. The molecule has 0 aliphatic carbocycles. The van der Waals surface area contributed by atoms with Gasteiger partial charge in [-0.05, 0) is 13.8 Å². The van der Waals surface area contributed by atoms with Crippen molar-refractivity contribution >= 4 is 6.41 Å². The highest BCUT2D eigenvalue weighted by Crippen LogP contribution is 2.04. The zero-order valence-electron chi connectivity index (χ0n) is 5.64. The minimum absolute atomic E-state index is 0.339. The van der Waals surface area contributed by atoms with E-state index in [0.717, 1.165) is 0 Å². The van der Waals surface area contributed by atoms with E-state index in [1.54, 1.807) is 13.8 Å². The molecule has 0 saturated carbocycles. The maximum Gasteiger partial charge on any atom is 0.207 e. The third-order valence-corrected chi connectivity index (χ3v) is 0.971. The molecule has 0 atom stereocenters. The van der Waals surface area contributed by atoms with Crippen molar-refractivity contribution < 1.29 is 4.79 Å². The second-order valence-electron chi connectivity index (χ2n) is 2.48. The summed E-state index contributed by atoms with van der Waals surface area (Å²) >= 11 is 0. The lowest BCUT2D eigenvalue weighted by Gasteiger charge is -2.18. The Morgan fingerprint density at radius 1 is 1.78 bits per heavy atom. The third-order valence-electron chi connectivity index (χ3n) is 0.971. The summed E-state index contributed by atoms with van der Waals surface area (Å²) in [4.78, 5) is 9.87. The molecule has 0 saturated heterocycles. The standard InChI is InChI=1S/C6H10N2O/c1-6(2,3-4-7)8-5-9/h5H,3H2,1-2H3,(H,8,9). The zero-order valence-corrected chi connectivity index (χ0v) is 5.64. The largest absolute Gasteiger partial charge is 0.353 e. The Hall–Kier alpha value is -1.04. The molecule has 1 amide bonds. The molecule has 0 unspecified atom stereocenters. The first-order valence-corrected chi connectivity index (χ1v) is 2.71. The molecule has 3 heteroatoms. The average molecular weight is 126 g/mol. The smallest absolute Gasteiger partial charge is 0.207 e. The number of nitrogens with one attached hydrogen (secondary N) is 1. The molecule has 0 spiro atoms. The summed E-state index contributed by atoms with van der Waals surface area (Å²) in [7, 11) is 0. The van der Waals surface area contributed by atoms with Crippen molar-refractivity contribution in [2.24, 2.45) is 0 Å². The highest BCUT2D eigenvalue weighted by Gasteiger charge is 2.14. The Balaban J connectivity index is 3.73. The van der Waals surface area contributed by atoms with Crippen molar-refractivity contribution in [3.63, 3.8) is 0 Å². The van der Waals surface area contributed by atoms with Gasteiger partial charge in [-0.2, -0.15) is 5.26 Å². The molecule has 50 valence electrons. The SMILES string of the molecule is CC(C)(CC#N)NC=O. The number of hydrogen-bond donors (Lipinski definition) is 1. The van der Waals surface area contributed by atoms with Crippen LogP contribution in [0.2, 0.25) is 0 Å². The van der Waals surface area contributed by atoms with Crippen molar-refractivity contribution in [1.82, 2.24) is 5.32 Å². The first kappa shape index (κ1) is 7.96. The zero-order chi connectivity index (χ0) is 7.33. The molecule has 0 heterocycles. The fourth-order valence-electron chi connectivity index (χ4n) is 0.408. The van der Waals surface area contributed by atoms with Crippen molar-refractivity contribution in [3.05, 3.63) is 0 Å². The molecule has 0 aliphatic heterocycles. The Morgan fingerprint density at radius 2 is 2.33 bits per heavy atom. The number of rotatable bonds is 3. The van der Waals surface area contributed by atoms with Crippen LogP contribution in [-0.2, 0) is 4.79 Å². The number of nitrogens with zero attached hydrogens (tertiary/aromatic N) is 1. The van der Waals surface area contributed by atoms with Gasteiger partial charge in [0, 0.05) is 5.54 Å². The number of hydrogen-bond acceptors (Lipinski definition) is 2. The van der Waals surface area contributed by atoms with Gasteiger partial charge in [0.25, 0.3) is 0 Å². The maximum atomic E-state index is 9.87. The van der Waals surface area contributed by atoms with Gasteiger partial charge >= 0.3 is 0 Å². The Kier molecular flexibility index (Phi) is 2.72. The van der Waals surface area contributed by atoms with Gasteiger partial charge in [0.05, 0.1) is 12.5 Å². The summed E-state index contributed by atoms with van der Waals surface area (Å²) in [5, 5.41) is 10.7. The molecule has 0 bridgehead atoms. The summed E-state index contributed by atoms with van der Waals surface area (Å²) in [5.74, 6) is 0. The highest BCUT2D eigenvalue weighted by atomic mass is 16.1. The predicted molar refractivity (Wildman–Crippen MR) is 33.5 cm³/mol. The van der Waals surface area contributed by atoms with Gasteiger partial charge in [0.2, 0.25) is 6.41 Å². The van der Waals surface area contributed by atoms with Crippen LogP contribution < -0.4 is 5.32 Å². The van der Waals surface area contributed by atoms with Gasteiger partial charge in [0.1, 0.15) is 0 Å². The van der Waals surface area contributed by atoms with E-state index in [-0.39, 0.29) is 5.54 Å². The molecule has 1 N–H and O–H groups in total. The van der Waals surface area contributed by atoms with E-state index in [0.29, 0.717) is 12.8 Å². The van der Waals surface area contributed by atoms with Crippen LogP contribution in [0.4, 0.5) is 0 Å². The van der Waals surface area contributed by atoms with E-state index >= 15 is 0 Å². The summed E-state index contributed by atoms with van der Waals surface area (Å²) in [5.41, 5.74) is -0.378. The summed E-state index contributed by atoms with van der Waals surface area (Å²) in [6.45, 7) is 3.59. The topological polar surface area (TPSA) is 52.9 Å². The molecule has 0 aromatic rings. The molecule has 0 aromatic heterocycles. The first-order valence-electron chi connectivity index (χ1n) is 2.71. The number of nitriles is 1. The number of amides is 1. The molecule has 0 fully saturated rings. The van der Waals surface area contributed by atoms with Gasteiger partial charge in [-0.15, -0.1) is 0 Å². The van der Waals surface area contributed by atoms with Gasteiger partial charge in [-0.1, -0.05) is 0 Å². The van der Waals surface area contributed by atoms with Crippen LogP contribution in [0, 0.1) is 11.3 Å². The van der Waals surface area contributed by atoms with Gasteiger partial charge < -0.3 is 5.32 Å². The van der Waals surface area contributed by atoms with Gasteiger partial charge in [-0.3, -0.25) is 4.79 Å². The van der Waals surface area contributed by atoms with E-state index in [1.165, 1.54) is 0 Å². The first-order chi connectivity index (χ1) is 4.12. The van der Waals surface area contributed by atoms with E-state index in [9.17, 15) is 4.79 Å². The minimum Gasteiger partial charge on any atom is -0.353 e. The predicted octanol–water partition coefficient (Wildman–Crippen LogP) is 0.425. The average Bonchev–Trinajstić information content (AvgIpc) is 1.64. The summed E-state index contributed by atoms with van der Waals surface area (Å²) < 4.78 is 0. The fourth-order valence-corrected chi connectivity index (χ4v) is 0.408. The lowest BCUT2D eigenvalue weighted by Crippen LogP contribution is -2.37. The minimum atomic E-state index is -0.378. The van der Waals surface area contributed by atoms with Crippen LogP contribution in [0.25, 0.3) is 0 Å². The Labute approximate surface area is 54.7 Å². The van der Waals surface area contributed by atoms with Gasteiger partial charge in [-0.25, -0.2) is 0 Å². The maximum absolute atomic E-state index is 9.87. The van der Waals surface area contributed by atoms with E-state index < -0.39 is 0 Å². The van der Waals surface area contributed by atoms with E-state index in [1.807, 2.05) is 6.07 Å². The summed E-state index contributed by atoms with van der Waals surface area (Å²) in [6, 6.07) is 1.97. The molecule has 0 rings (SSSR count). The molecule has 0 aromatic carbocycles. The van der Waals surface area contributed by atoms with Crippen LogP contribution in [0.3, 0.4) is 0 Å². The fraction of sp³-hybridized carbons (Fsp3) is 0.667. The molecular formula is C6H10N2O. The van der Waals surface area contributed by atoms with E-state index in [2.05, 4.69) is 5.32 Å². The quantitative estimate of drug-likeness (QED) is 0.557. The van der Waals surface area contributed by atoms with Crippen LogP contribution in [0.5, 0.6) is 0 Å². The summed E-state index contributed by atoms with van der Waals surface area (Å²) in [6.07, 6.45) is 0.948. The highest BCUT2D eigenvalue weighted by molar-refractivity contribution is 5.47. The molecule has 0 radical (unpaired) electrons. The van der Waals surface area contributed by atoms with Crippen LogP contribution in [0.15, 0.2) is 0 Å². The number of carbonyl (C=O) groups is 1. The third kappa shape index (κ3) is 3.53. The second-order valence-corrected chi connectivity index (χ2v) is 2.48. The van der Waals surface area contributed by atoms with Crippen LogP contribution in [-0.4, -0.2) is 11.9 Å².